The number of hydrogen-bond donors (Lipinski definition) is 1. The highest BCUT2D eigenvalue weighted by molar-refractivity contribution is 5.38. The second-order valence-corrected chi connectivity index (χ2v) is 3.63. The van der Waals surface area contributed by atoms with Crippen molar-refractivity contribution < 1.29 is 9.47 Å². The molecule has 0 aliphatic heterocycles. The van der Waals surface area contributed by atoms with Gasteiger partial charge in [0.1, 0.15) is 18.2 Å². The SMILES string of the molecule is CCCc1nc(NCC)cc(OCCOC)n1. The first-order valence-corrected chi connectivity index (χ1v) is 6.03. The summed E-state index contributed by atoms with van der Waals surface area (Å²) in [6.07, 6.45) is 1.88. The van der Waals surface area contributed by atoms with Crippen LogP contribution in [0.3, 0.4) is 0 Å². The Morgan fingerprint density at radius 1 is 1.24 bits per heavy atom. The fraction of sp³-hybridized carbons (Fsp3) is 0.667. The van der Waals surface area contributed by atoms with Crippen LogP contribution in [-0.2, 0) is 11.2 Å². The van der Waals surface area contributed by atoms with Gasteiger partial charge in [-0.3, -0.25) is 0 Å². The summed E-state index contributed by atoms with van der Waals surface area (Å²) >= 11 is 0. The minimum absolute atomic E-state index is 0.505. The molecule has 1 rings (SSSR count). The summed E-state index contributed by atoms with van der Waals surface area (Å²) < 4.78 is 10.4. The quantitative estimate of drug-likeness (QED) is 0.702. The fourth-order valence-electron chi connectivity index (χ4n) is 1.38. The van der Waals surface area contributed by atoms with Gasteiger partial charge in [-0.2, -0.15) is 4.98 Å². The van der Waals surface area contributed by atoms with Crippen LogP contribution < -0.4 is 10.1 Å². The molecular formula is C12H21N3O2. The monoisotopic (exact) mass is 239 g/mol. The Morgan fingerprint density at radius 2 is 2.06 bits per heavy atom. The molecular weight excluding hydrogens is 218 g/mol. The molecule has 0 aliphatic carbocycles. The third kappa shape index (κ3) is 4.99. The third-order valence-electron chi connectivity index (χ3n) is 2.12. The van der Waals surface area contributed by atoms with E-state index in [0.29, 0.717) is 19.1 Å². The van der Waals surface area contributed by atoms with E-state index < -0.39 is 0 Å². The zero-order chi connectivity index (χ0) is 12.5. The summed E-state index contributed by atoms with van der Waals surface area (Å²) in [6.45, 7) is 6.04. The van der Waals surface area contributed by atoms with Crippen LogP contribution in [0.1, 0.15) is 26.1 Å². The predicted molar refractivity (Wildman–Crippen MR) is 67.6 cm³/mol. The Morgan fingerprint density at radius 3 is 2.71 bits per heavy atom. The molecule has 0 saturated heterocycles. The summed E-state index contributed by atoms with van der Waals surface area (Å²) in [7, 11) is 1.65. The standard InChI is InChI=1S/C12H21N3O2/c1-4-6-10-14-11(13-5-2)9-12(15-10)17-8-7-16-3/h9H,4-8H2,1-3H3,(H,13,14,15). The molecule has 1 N–H and O–H groups in total. The number of aromatic nitrogens is 2. The molecule has 1 heterocycles. The number of ether oxygens (including phenoxy) is 2. The van der Waals surface area contributed by atoms with Crippen LogP contribution in [0.5, 0.6) is 5.88 Å². The number of anilines is 1. The van der Waals surface area contributed by atoms with Gasteiger partial charge in [-0.1, -0.05) is 6.92 Å². The maximum Gasteiger partial charge on any atom is 0.218 e. The summed E-state index contributed by atoms with van der Waals surface area (Å²) in [5, 5.41) is 3.17. The van der Waals surface area contributed by atoms with Crippen molar-refractivity contribution in [3.63, 3.8) is 0 Å². The van der Waals surface area contributed by atoms with Gasteiger partial charge in [0.2, 0.25) is 5.88 Å². The average molecular weight is 239 g/mol. The van der Waals surface area contributed by atoms with Gasteiger partial charge in [-0.15, -0.1) is 0 Å². The lowest BCUT2D eigenvalue weighted by Crippen LogP contribution is -2.09. The van der Waals surface area contributed by atoms with Gasteiger partial charge in [-0.25, -0.2) is 4.98 Å². The van der Waals surface area contributed by atoms with Crippen LogP contribution in [0, 0.1) is 0 Å². The number of nitrogens with one attached hydrogen (secondary N) is 1. The largest absolute Gasteiger partial charge is 0.475 e. The van der Waals surface area contributed by atoms with Crippen LogP contribution >= 0.6 is 0 Å². The first kappa shape index (κ1) is 13.7. The van der Waals surface area contributed by atoms with Crippen LogP contribution in [0.15, 0.2) is 6.07 Å². The third-order valence-corrected chi connectivity index (χ3v) is 2.12. The Hall–Kier alpha value is -1.36. The molecule has 0 atom stereocenters. The normalized spacial score (nSPS) is 10.3. The topological polar surface area (TPSA) is 56.3 Å². The minimum atomic E-state index is 0.505. The van der Waals surface area contributed by atoms with E-state index in [9.17, 15) is 0 Å². The molecule has 0 amide bonds. The highest BCUT2D eigenvalue weighted by Gasteiger charge is 2.04. The molecule has 0 aromatic carbocycles. The molecule has 1 aromatic heterocycles. The lowest BCUT2D eigenvalue weighted by Gasteiger charge is -2.09. The van der Waals surface area contributed by atoms with Crippen molar-refractivity contribution in [2.75, 3.05) is 32.2 Å². The molecule has 0 fully saturated rings. The van der Waals surface area contributed by atoms with Crippen molar-refractivity contribution in [3.05, 3.63) is 11.9 Å². The van der Waals surface area contributed by atoms with Crippen LogP contribution in [0.2, 0.25) is 0 Å². The van der Waals surface area contributed by atoms with E-state index in [1.807, 2.05) is 13.0 Å². The van der Waals surface area contributed by atoms with Gasteiger partial charge in [0.25, 0.3) is 0 Å². The predicted octanol–water partition coefficient (Wildman–Crippen LogP) is 1.89. The molecule has 17 heavy (non-hydrogen) atoms. The Labute approximate surface area is 103 Å². The van der Waals surface area contributed by atoms with E-state index in [0.717, 1.165) is 31.0 Å². The van der Waals surface area contributed by atoms with Crippen molar-refractivity contribution in [2.45, 2.75) is 26.7 Å². The lowest BCUT2D eigenvalue weighted by atomic mass is 10.3. The molecule has 0 aliphatic rings. The van der Waals surface area contributed by atoms with E-state index >= 15 is 0 Å². The fourth-order valence-corrected chi connectivity index (χ4v) is 1.38. The molecule has 5 nitrogen and oxygen atoms in total. The van der Waals surface area contributed by atoms with Gasteiger partial charge in [0, 0.05) is 26.1 Å². The summed E-state index contributed by atoms with van der Waals surface area (Å²) in [6, 6.07) is 1.82. The van der Waals surface area contributed by atoms with Crippen molar-refractivity contribution in [3.8, 4) is 5.88 Å². The maximum atomic E-state index is 5.50. The molecule has 1 aromatic rings. The minimum Gasteiger partial charge on any atom is -0.475 e. The zero-order valence-corrected chi connectivity index (χ0v) is 10.8. The zero-order valence-electron chi connectivity index (χ0n) is 10.8. The van der Waals surface area contributed by atoms with Crippen molar-refractivity contribution in [2.24, 2.45) is 0 Å². The number of aryl methyl sites for hydroxylation is 1. The van der Waals surface area contributed by atoms with Crippen molar-refractivity contribution in [1.29, 1.82) is 0 Å². The highest BCUT2D eigenvalue weighted by Crippen LogP contribution is 2.14. The van der Waals surface area contributed by atoms with Gasteiger partial charge < -0.3 is 14.8 Å². The van der Waals surface area contributed by atoms with E-state index in [2.05, 4.69) is 22.2 Å². The van der Waals surface area contributed by atoms with Crippen molar-refractivity contribution >= 4 is 5.82 Å². The van der Waals surface area contributed by atoms with Gasteiger partial charge in [-0.05, 0) is 13.3 Å². The van der Waals surface area contributed by atoms with E-state index in [1.165, 1.54) is 0 Å². The number of methoxy groups -OCH3 is 1. The molecule has 5 heteroatoms. The number of rotatable bonds is 8. The molecule has 0 saturated carbocycles. The van der Waals surface area contributed by atoms with Crippen LogP contribution in [-0.4, -0.2) is 36.8 Å². The average Bonchev–Trinajstić information content (AvgIpc) is 2.30. The first-order valence-electron chi connectivity index (χ1n) is 6.03. The second-order valence-electron chi connectivity index (χ2n) is 3.63. The Bertz CT molecular complexity index is 307. The highest BCUT2D eigenvalue weighted by atomic mass is 16.5. The first-order chi connectivity index (χ1) is 8.30. The molecule has 0 radical (unpaired) electrons. The van der Waals surface area contributed by atoms with E-state index in [4.69, 9.17) is 9.47 Å². The number of hydrogen-bond acceptors (Lipinski definition) is 5. The van der Waals surface area contributed by atoms with E-state index in [1.54, 1.807) is 7.11 Å². The Kier molecular flexibility index (Phi) is 6.32. The summed E-state index contributed by atoms with van der Waals surface area (Å²) in [4.78, 5) is 8.76. The molecule has 0 bridgehead atoms. The van der Waals surface area contributed by atoms with E-state index in [-0.39, 0.29) is 0 Å². The van der Waals surface area contributed by atoms with Gasteiger partial charge in [0.15, 0.2) is 0 Å². The maximum absolute atomic E-state index is 5.50. The molecule has 0 spiro atoms. The lowest BCUT2D eigenvalue weighted by molar-refractivity contribution is 0.143. The smallest absolute Gasteiger partial charge is 0.218 e. The summed E-state index contributed by atoms with van der Waals surface area (Å²) in [5.41, 5.74) is 0. The summed E-state index contributed by atoms with van der Waals surface area (Å²) in [5.74, 6) is 2.24. The van der Waals surface area contributed by atoms with Crippen LogP contribution in [0.25, 0.3) is 0 Å². The van der Waals surface area contributed by atoms with Gasteiger partial charge in [0.05, 0.1) is 6.61 Å². The van der Waals surface area contributed by atoms with Gasteiger partial charge >= 0.3 is 0 Å². The molecule has 0 unspecified atom stereocenters. The van der Waals surface area contributed by atoms with Crippen LogP contribution in [0.4, 0.5) is 5.82 Å². The molecule has 96 valence electrons. The number of nitrogens with zero attached hydrogens (tertiary/aromatic N) is 2. The Balaban J connectivity index is 2.72. The second kappa shape index (κ2) is 7.84. The van der Waals surface area contributed by atoms with Crippen molar-refractivity contribution in [1.82, 2.24) is 9.97 Å².